The van der Waals surface area contributed by atoms with Crippen LogP contribution in [-0.4, -0.2) is 41.1 Å². The molecule has 2 unspecified atom stereocenters. The van der Waals surface area contributed by atoms with E-state index in [1.807, 2.05) is 19.9 Å². The number of rotatable bonds is 9. The third kappa shape index (κ3) is 7.62. The number of carbonyl (C=O) groups excluding carboxylic acids is 1. The number of nitriles is 1. The van der Waals surface area contributed by atoms with Crippen molar-refractivity contribution in [1.29, 1.82) is 5.26 Å². The van der Waals surface area contributed by atoms with Crippen molar-refractivity contribution in [3.63, 3.8) is 0 Å². The predicted molar refractivity (Wildman–Crippen MR) is 76.1 cm³/mol. The van der Waals surface area contributed by atoms with E-state index >= 15 is 0 Å². The van der Waals surface area contributed by atoms with Crippen molar-refractivity contribution >= 4 is 12.0 Å². The lowest BCUT2D eigenvalue weighted by atomic mass is 10.0. The van der Waals surface area contributed by atoms with E-state index in [2.05, 4.69) is 5.32 Å². The van der Waals surface area contributed by atoms with Crippen LogP contribution >= 0.6 is 0 Å². The molecule has 0 fully saturated rings. The monoisotopic (exact) mass is 283 g/mol. The van der Waals surface area contributed by atoms with Gasteiger partial charge in [0.15, 0.2) is 0 Å². The van der Waals surface area contributed by atoms with E-state index in [1.165, 1.54) is 0 Å². The summed E-state index contributed by atoms with van der Waals surface area (Å²) in [5.41, 5.74) is 0. The van der Waals surface area contributed by atoms with Gasteiger partial charge in [-0.25, -0.2) is 4.79 Å². The fourth-order valence-electron chi connectivity index (χ4n) is 1.82. The van der Waals surface area contributed by atoms with Gasteiger partial charge in [0.2, 0.25) is 0 Å². The van der Waals surface area contributed by atoms with Crippen molar-refractivity contribution in [3.05, 3.63) is 0 Å². The van der Waals surface area contributed by atoms with E-state index in [9.17, 15) is 9.59 Å². The van der Waals surface area contributed by atoms with Crippen LogP contribution in [0.15, 0.2) is 0 Å². The Morgan fingerprint density at radius 3 is 2.50 bits per heavy atom. The Kier molecular flexibility index (Phi) is 9.18. The summed E-state index contributed by atoms with van der Waals surface area (Å²) in [6.07, 6.45) is 2.45. The maximum atomic E-state index is 11.9. The lowest BCUT2D eigenvalue weighted by Gasteiger charge is -2.23. The first kappa shape index (κ1) is 18.2. The Morgan fingerprint density at radius 1 is 1.35 bits per heavy atom. The lowest BCUT2D eigenvalue weighted by Crippen LogP contribution is -2.44. The summed E-state index contributed by atoms with van der Waals surface area (Å²) in [5.74, 6) is -1.13. The number of hydrogen-bond donors (Lipinski definition) is 2. The minimum absolute atomic E-state index is 0.000342. The van der Waals surface area contributed by atoms with E-state index in [4.69, 9.17) is 10.4 Å². The summed E-state index contributed by atoms with van der Waals surface area (Å²) in [7, 11) is 0. The Hall–Kier alpha value is -1.77. The number of carboxylic acids is 1. The van der Waals surface area contributed by atoms with Crippen LogP contribution in [0.2, 0.25) is 0 Å². The van der Waals surface area contributed by atoms with Gasteiger partial charge >= 0.3 is 12.0 Å². The maximum absolute atomic E-state index is 11.9. The molecule has 0 aromatic carbocycles. The van der Waals surface area contributed by atoms with Crippen LogP contribution < -0.4 is 5.32 Å². The second-order valence-electron chi connectivity index (χ2n) is 5.01. The predicted octanol–water partition coefficient (Wildman–Crippen LogP) is 2.21. The molecule has 20 heavy (non-hydrogen) atoms. The summed E-state index contributed by atoms with van der Waals surface area (Å²) in [4.78, 5) is 24.2. The first-order chi connectivity index (χ1) is 9.42. The van der Waals surface area contributed by atoms with Gasteiger partial charge < -0.3 is 15.3 Å². The molecule has 0 radical (unpaired) electrons. The number of nitrogens with zero attached hydrogens (tertiary/aromatic N) is 2. The molecule has 0 rings (SSSR count). The van der Waals surface area contributed by atoms with Crippen molar-refractivity contribution in [2.75, 3.05) is 13.1 Å². The van der Waals surface area contributed by atoms with E-state index < -0.39 is 5.97 Å². The number of amides is 2. The molecule has 0 aliphatic rings. The summed E-state index contributed by atoms with van der Waals surface area (Å²) in [5, 5.41) is 20.2. The van der Waals surface area contributed by atoms with Crippen molar-refractivity contribution in [2.45, 2.75) is 52.5 Å². The molecule has 114 valence electrons. The Morgan fingerprint density at radius 2 is 2.00 bits per heavy atom. The highest BCUT2D eigenvalue weighted by atomic mass is 16.4. The molecule has 0 bridgehead atoms. The third-order valence-electron chi connectivity index (χ3n) is 3.23. The van der Waals surface area contributed by atoms with E-state index in [1.54, 1.807) is 11.8 Å². The number of nitrogens with one attached hydrogen (secondary N) is 1. The van der Waals surface area contributed by atoms with E-state index in [0.717, 1.165) is 12.8 Å². The molecule has 0 aromatic heterocycles. The van der Waals surface area contributed by atoms with E-state index in [-0.39, 0.29) is 18.0 Å². The zero-order valence-corrected chi connectivity index (χ0v) is 12.6. The number of carboxylic acid groups (broad SMARTS) is 1. The van der Waals surface area contributed by atoms with Crippen LogP contribution in [-0.2, 0) is 4.79 Å². The van der Waals surface area contributed by atoms with Crippen LogP contribution in [0.4, 0.5) is 4.79 Å². The summed E-state index contributed by atoms with van der Waals surface area (Å²) >= 11 is 0. The molecule has 0 spiro atoms. The molecule has 0 aliphatic carbocycles. The average Bonchev–Trinajstić information content (AvgIpc) is 2.39. The van der Waals surface area contributed by atoms with Crippen molar-refractivity contribution in [1.82, 2.24) is 10.2 Å². The molecule has 2 atom stereocenters. The summed E-state index contributed by atoms with van der Waals surface area (Å²) in [6, 6.07) is 1.86. The molecular weight excluding hydrogens is 258 g/mol. The zero-order valence-electron chi connectivity index (χ0n) is 12.6. The Bertz CT molecular complexity index is 352. The molecule has 0 saturated carbocycles. The van der Waals surface area contributed by atoms with Gasteiger partial charge in [0.05, 0.1) is 18.4 Å². The highest BCUT2D eigenvalue weighted by molar-refractivity contribution is 5.74. The van der Waals surface area contributed by atoms with Gasteiger partial charge in [0, 0.05) is 19.1 Å². The van der Waals surface area contributed by atoms with Crippen molar-refractivity contribution < 1.29 is 14.7 Å². The molecule has 2 amide bonds. The molecule has 0 aliphatic heterocycles. The van der Waals surface area contributed by atoms with Gasteiger partial charge in [-0.2, -0.15) is 5.26 Å². The average molecular weight is 283 g/mol. The van der Waals surface area contributed by atoms with Crippen molar-refractivity contribution in [3.8, 4) is 6.07 Å². The van der Waals surface area contributed by atoms with Crippen LogP contribution in [0.5, 0.6) is 0 Å². The first-order valence-electron chi connectivity index (χ1n) is 7.07. The Labute approximate surface area is 120 Å². The second-order valence-corrected chi connectivity index (χ2v) is 5.01. The molecule has 0 saturated heterocycles. The van der Waals surface area contributed by atoms with Gasteiger partial charge in [0.1, 0.15) is 0 Å². The second kappa shape index (κ2) is 10.1. The molecule has 0 heterocycles. The maximum Gasteiger partial charge on any atom is 0.317 e. The lowest BCUT2D eigenvalue weighted by molar-refractivity contribution is -0.141. The summed E-state index contributed by atoms with van der Waals surface area (Å²) < 4.78 is 0. The normalized spacial score (nSPS) is 13.1. The molecule has 2 N–H and O–H groups in total. The highest BCUT2D eigenvalue weighted by Gasteiger charge is 2.15. The topological polar surface area (TPSA) is 93.4 Å². The van der Waals surface area contributed by atoms with Crippen LogP contribution in [0.3, 0.4) is 0 Å². The summed E-state index contributed by atoms with van der Waals surface area (Å²) in [6.45, 7) is 6.46. The largest absolute Gasteiger partial charge is 0.481 e. The standard InChI is InChI=1S/C14H25N3O3/c1-4-17(10-6-9-15)14(20)16-12(3)8-5-7-11(2)13(18)19/h11-12H,4-8,10H2,1-3H3,(H,16,20)(H,18,19). The fourth-order valence-corrected chi connectivity index (χ4v) is 1.82. The zero-order chi connectivity index (χ0) is 15.5. The van der Waals surface area contributed by atoms with Gasteiger partial charge in [-0.1, -0.05) is 13.3 Å². The smallest absolute Gasteiger partial charge is 0.317 e. The number of urea groups is 1. The quantitative estimate of drug-likeness (QED) is 0.678. The van der Waals surface area contributed by atoms with E-state index in [0.29, 0.717) is 25.9 Å². The minimum Gasteiger partial charge on any atom is -0.481 e. The van der Waals surface area contributed by atoms with Gasteiger partial charge in [0.25, 0.3) is 0 Å². The minimum atomic E-state index is -0.782. The molecule has 0 aromatic rings. The van der Waals surface area contributed by atoms with Crippen LogP contribution in [0.1, 0.15) is 46.5 Å². The number of carbonyl (C=O) groups is 2. The first-order valence-corrected chi connectivity index (χ1v) is 7.07. The van der Waals surface area contributed by atoms with Gasteiger partial charge in [-0.3, -0.25) is 4.79 Å². The Balaban J connectivity index is 4.00. The third-order valence-corrected chi connectivity index (χ3v) is 3.23. The SMILES string of the molecule is CCN(CCC#N)C(=O)NC(C)CCCC(C)C(=O)O. The van der Waals surface area contributed by atoms with Crippen LogP contribution in [0, 0.1) is 17.2 Å². The highest BCUT2D eigenvalue weighted by Crippen LogP contribution is 2.09. The fraction of sp³-hybridized carbons (Fsp3) is 0.786. The van der Waals surface area contributed by atoms with Crippen molar-refractivity contribution in [2.24, 2.45) is 5.92 Å². The van der Waals surface area contributed by atoms with Gasteiger partial charge in [-0.15, -0.1) is 0 Å². The number of hydrogen-bond acceptors (Lipinski definition) is 3. The van der Waals surface area contributed by atoms with Crippen LogP contribution in [0.25, 0.3) is 0 Å². The number of aliphatic carboxylic acids is 1. The molecule has 6 nitrogen and oxygen atoms in total. The molecular formula is C14H25N3O3. The van der Waals surface area contributed by atoms with Gasteiger partial charge in [-0.05, 0) is 26.7 Å². The molecule has 6 heteroatoms.